The zero-order chi connectivity index (χ0) is 4.41. The molecule has 0 spiro atoms. The van der Waals surface area contributed by atoms with Crippen LogP contribution in [0.3, 0.4) is 0 Å². The molecule has 0 aliphatic heterocycles. The van der Waals surface area contributed by atoms with Crippen LogP contribution >= 0.6 is 0 Å². The third-order valence-corrected chi connectivity index (χ3v) is 0.778. The zero-order valence-corrected chi connectivity index (χ0v) is 4.84. The van der Waals surface area contributed by atoms with Gasteiger partial charge in [0, 0.05) is 22.8 Å². The molecule has 2 heteroatoms. The molecule has 0 heterocycles. The average Bonchev–Trinajstić information content (AvgIpc) is 1.86. The van der Waals surface area contributed by atoms with Crippen LogP contribution in [-0.4, -0.2) is 6.04 Å². The van der Waals surface area contributed by atoms with E-state index in [4.69, 9.17) is 5.73 Å². The van der Waals surface area contributed by atoms with E-state index >= 15 is 0 Å². The topological polar surface area (TPSA) is 26.0 Å². The van der Waals surface area contributed by atoms with Crippen molar-refractivity contribution < 1.29 is 16.8 Å². The Morgan fingerprint density at radius 3 is 1.71 bits per heavy atom. The minimum absolute atomic E-state index is 0. The van der Waals surface area contributed by atoms with Crippen molar-refractivity contribution in [2.45, 2.75) is 6.04 Å². The summed E-state index contributed by atoms with van der Waals surface area (Å²) in [6.07, 6.45) is 7.79. The van der Waals surface area contributed by atoms with E-state index in [1.54, 1.807) is 0 Å². The van der Waals surface area contributed by atoms with Crippen molar-refractivity contribution in [3.63, 3.8) is 0 Å². The largest absolute Gasteiger partial charge is 0.321 e. The van der Waals surface area contributed by atoms with Gasteiger partial charge in [-0.1, -0.05) is 24.3 Å². The molecule has 7 heavy (non-hydrogen) atoms. The van der Waals surface area contributed by atoms with E-state index in [9.17, 15) is 0 Å². The molecule has 1 radical (unpaired) electrons. The summed E-state index contributed by atoms with van der Waals surface area (Å²) >= 11 is 0. The summed E-state index contributed by atoms with van der Waals surface area (Å²) in [7, 11) is 0. The molecule has 0 fully saturated rings. The number of hydrogen-bond donors (Lipinski definition) is 1. The Morgan fingerprint density at radius 2 is 1.57 bits per heavy atom. The van der Waals surface area contributed by atoms with Gasteiger partial charge in [-0.05, 0) is 0 Å². The summed E-state index contributed by atoms with van der Waals surface area (Å²) < 4.78 is 0. The van der Waals surface area contributed by atoms with E-state index in [2.05, 4.69) is 0 Å². The van der Waals surface area contributed by atoms with Crippen molar-refractivity contribution >= 4 is 0 Å². The Morgan fingerprint density at radius 1 is 1.14 bits per heavy atom. The molecule has 1 aliphatic rings. The SMILES string of the molecule is NC1C=CC=C1.[Co]. The van der Waals surface area contributed by atoms with Gasteiger partial charge in [0.1, 0.15) is 0 Å². The van der Waals surface area contributed by atoms with Crippen LogP contribution in [0.2, 0.25) is 0 Å². The molecule has 0 saturated heterocycles. The maximum Gasteiger partial charge on any atom is 0.0416 e. The minimum Gasteiger partial charge on any atom is -0.321 e. The van der Waals surface area contributed by atoms with Crippen molar-refractivity contribution in [1.29, 1.82) is 0 Å². The Labute approximate surface area is 53.5 Å². The summed E-state index contributed by atoms with van der Waals surface area (Å²) in [5.41, 5.74) is 5.36. The molecule has 0 atom stereocenters. The van der Waals surface area contributed by atoms with E-state index in [-0.39, 0.29) is 22.8 Å². The van der Waals surface area contributed by atoms with E-state index in [1.165, 1.54) is 0 Å². The summed E-state index contributed by atoms with van der Waals surface area (Å²) in [4.78, 5) is 0. The van der Waals surface area contributed by atoms with Gasteiger partial charge >= 0.3 is 0 Å². The fourth-order valence-electron chi connectivity index (χ4n) is 0.449. The number of allylic oxidation sites excluding steroid dienone is 2. The molecule has 1 nitrogen and oxygen atoms in total. The van der Waals surface area contributed by atoms with E-state index in [1.807, 2.05) is 24.3 Å². The van der Waals surface area contributed by atoms with Gasteiger partial charge in [0.05, 0.1) is 0 Å². The summed E-state index contributed by atoms with van der Waals surface area (Å²) in [6.45, 7) is 0. The second kappa shape index (κ2) is 3.02. The molecule has 41 valence electrons. The maximum absolute atomic E-state index is 5.36. The molecular weight excluding hydrogens is 133 g/mol. The van der Waals surface area contributed by atoms with Gasteiger partial charge in [-0.2, -0.15) is 0 Å². The third-order valence-electron chi connectivity index (χ3n) is 0.778. The quantitative estimate of drug-likeness (QED) is 0.519. The maximum atomic E-state index is 5.36. The van der Waals surface area contributed by atoms with Gasteiger partial charge in [0.25, 0.3) is 0 Å². The molecule has 2 N–H and O–H groups in total. The number of hydrogen-bond acceptors (Lipinski definition) is 1. The molecule has 0 unspecified atom stereocenters. The second-order valence-corrected chi connectivity index (χ2v) is 1.35. The molecule has 0 aromatic rings. The van der Waals surface area contributed by atoms with Crippen LogP contribution in [0.5, 0.6) is 0 Å². The van der Waals surface area contributed by atoms with Crippen LogP contribution < -0.4 is 5.73 Å². The normalized spacial score (nSPS) is 17.3. The molecule has 0 bridgehead atoms. The zero-order valence-electron chi connectivity index (χ0n) is 3.80. The van der Waals surface area contributed by atoms with Gasteiger partial charge in [0.2, 0.25) is 0 Å². The monoisotopic (exact) mass is 140 g/mol. The van der Waals surface area contributed by atoms with Gasteiger partial charge in [-0.3, -0.25) is 0 Å². The van der Waals surface area contributed by atoms with Crippen molar-refractivity contribution in [2.75, 3.05) is 0 Å². The van der Waals surface area contributed by atoms with Crippen LogP contribution in [0.25, 0.3) is 0 Å². The first-order valence-corrected chi connectivity index (χ1v) is 2.00. The predicted octanol–water partition coefficient (Wildman–Crippen LogP) is 0.437. The molecule has 0 aromatic heterocycles. The summed E-state index contributed by atoms with van der Waals surface area (Å²) in [6, 6.07) is 0.185. The van der Waals surface area contributed by atoms with Gasteiger partial charge in [-0.15, -0.1) is 0 Å². The molecule has 1 aliphatic carbocycles. The van der Waals surface area contributed by atoms with Crippen LogP contribution in [0, 0.1) is 0 Å². The van der Waals surface area contributed by atoms with Crippen LogP contribution in [0.15, 0.2) is 24.3 Å². The standard InChI is InChI=1S/C5H7N.Co/c6-5-3-1-2-4-5;/h1-5H,6H2;. The van der Waals surface area contributed by atoms with Crippen LogP contribution in [-0.2, 0) is 16.8 Å². The third kappa shape index (κ3) is 1.92. The van der Waals surface area contributed by atoms with Crippen molar-refractivity contribution in [1.82, 2.24) is 0 Å². The first-order chi connectivity index (χ1) is 2.89. The Kier molecular flexibility index (Phi) is 2.99. The Balaban J connectivity index is 0.000000360. The number of rotatable bonds is 0. The van der Waals surface area contributed by atoms with E-state index in [0.29, 0.717) is 0 Å². The van der Waals surface area contributed by atoms with Crippen LogP contribution in [0.4, 0.5) is 0 Å². The Bertz CT molecular complexity index is 84.3. The van der Waals surface area contributed by atoms with Gasteiger partial charge < -0.3 is 5.73 Å². The summed E-state index contributed by atoms with van der Waals surface area (Å²) in [5, 5.41) is 0. The van der Waals surface area contributed by atoms with E-state index < -0.39 is 0 Å². The first-order valence-electron chi connectivity index (χ1n) is 2.00. The van der Waals surface area contributed by atoms with Crippen molar-refractivity contribution in [3.05, 3.63) is 24.3 Å². The molecule has 0 aromatic carbocycles. The molecule has 0 saturated carbocycles. The fourth-order valence-corrected chi connectivity index (χ4v) is 0.449. The van der Waals surface area contributed by atoms with E-state index in [0.717, 1.165) is 0 Å². The molecule has 1 rings (SSSR count). The van der Waals surface area contributed by atoms with Crippen molar-refractivity contribution in [2.24, 2.45) is 5.73 Å². The Hall–Kier alpha value is -0.0535. The second-order valence-electron chi connectivity index (χ2n) is 1.35. The first kappa shape index (κ1) is 6.95. The fraction of sp³-hybridized carbons (Fsp3) is 0.200. The van der Waals surface area contributed by atoms with Crippen LogP contribution in [0.1, 0.15) is 0 Å². The molecule has 0 amide bonds. The molecular formula is C5H7CoN. The number of nitrogens with two attached hydrogens (primary N) is 1. The summed E-state index contributed by atoms with van der Waals surface area (Å²) in [5.74, 6) is 0. The van der Waals surface area contributed by atoms with Gasteiger partial charge in [-0.25, -0.2) is 0 Å². The predicted molar refractivity (Wildman–Crippen MR) is 26.3 cm³/mol. The minimum atomic E-state index is 0. The van der Waals surface area contributed by atoms with Gasteiger partial charge in [0.15, 0.2) is 0 Å². The average molecular weight is 140 g/mol. The van der Waals surface area contributed by atoms with Crippen molar-refractivity contribution in [3.8, 4) is 0 Å². The smallest absolute Gasteiger partial charge is 0.0416 e.